The first-order valence-electron chi connectivity index (χ1n) is 5.42. The summed E-state index contributed by atoms with van der Waals surface area (Å²) in [4.78, 5) is 0. The SMILES string of the molecule is CCNCc1csc(S(=O)(=O)NC2CC2)c1. The molecule has 16 heavy (non-hydrogen) atoms. The summed E-state index contributed by atoms with van der Waals surface area (Å²) in [7, 11) is -3.26. The zero-order chi connectivity index (χ0) is 11.6. The number of hydrogen-bond acceptors (Lipinski definition) is 4. The van der Waals surface area contributed by atoms with Crippen LogP contribution in [0.25, 0.3) is 0 Å². The van der Waals surface area contributed by atoms with Crippen molar-refractivity contribution in [3.63, 3.8) is 0 Å². The molecular formula is C10H16N2O2S2. The summed E-state index contributed by atoms with van der Waals surface area (Å²) in [5.74, 6) is 0. The second-order valence-corrected chi connectivity index (χ2v) is 6.80. The van der Waals surface area contributed by atoms with Crippen molar-refractivity contribution >= 4 is 21.4 Å². The predicted octanol–water partition coefficient (Wildman–Crippen LogP) is 1.30. The predicted molar refractivity (Wildman–Crippen MR) is 65.0 cm³/mol. The minimum absolute atomic E-state index is 0.171. The van der Waals surface area contributed by atoms with Gasteiger partial charge in [-0.25, -0.2) is 13.1 Å². The van der Waals surface area contributed by atoms with Crippen LogP contribution in [0.2, 0.25) is 0 Å². The van der Waals surface area contributed by atoms with Crippen molar-refractivity contribution in [2.75, 3.05) is 6.54 Å². The van der Waals surface area contributed by atoms with Gasteiger partial charge in [-0.3, -0.25) is 0 Å². The van der Waals surface area contributed by atoms with Crippen LogP contribution in [-0.4, -0.2) is 21.0 Å². The van der Waals surface area contributed by atoms with E-state index in [1.807, 2.05) is 12.3 Å². The molecule has 1 heterocycles. The molecule has 1 fully saturated rings. The van der Waals surface area contributed by atoms with Gasteiger partial charge >= 0.3 is 0 Å². The van der Waals surface area contributed by atoms with Crippen LogP contribution in [0.1, 0.15) is 25.3 Å². The van der Waals surface area contributed by atoms with E-state index in [0.29, 0.717) is 4.21 Å². The minimum atomic E-state index is -3.26. The highest BCUT2D eigenvalue weighted by molar-refractivity contribution is 7.91. The van der Waals surface area contributed by atoms with Gasteiger partial charge in [0.15, 0.2) is 0 Å². The van der Waals surface area contributed by atoms with E-state index in [1.54, 1.807) is 6.07 Å². The molecule has 0 saturated heterocycles. The minimum Gasteiger partial charge on any atom is -0.313 e. The zero-order valence-electron chi connectivity index (χ0n) is 9.19. The van der Waals surface area contributed by atoms with Crippen LogP contribution in [0.4, 0.5) is 0 Å². The Labute approximate surface area is 100 Å². The van der Waals surface area contributed by atoms with Crippen molar-refractivity contribution in [1.29, 1.82) is 0 Å². The second kappa shape index (κ2) is 4.83. The largest absolute Gasteiger partial charge is 0.313 e. The Hall–Kier alpha value is -0.430. The molecule has 0 aliphatic heterocycles. The molecule has 0 unspecified atom stereocenters. The molecule has 0 bridgehead atoms. The summed E-state index contributed by atoms with van der Waals surface area (Å²) in [6.07, 6.45) is 1.93. The average molecular weight is 260 g/mol. The Morgan fingerprint density at radius 3 is 2.88 bits per heavy atom. The molecule has 90 valence electrons. The highest BCUT2D eigenvalue weighted by atomic mass is 32.2. The Balaban J connectivity index is 2.04. The van der Waals surface area contributed by atoms with Gasteiger partial charge in [-0.2, -0.15) is 0 Å². The molecule has 4 nitrogen and oxygen atoms in total. The molecule has 0 atom stereocenters. The smallest absolute Gasteiger partial charge is 0.250 e. The molecule has 1 aliphatic carbocycles. The average Bonchev–Trinajstić information content (AvgIpc) is 2.89. The lowest BCUT2D eigenvalue weighted by Crippen LogP contribution is -2.24. The standard InChI is InChI=1S/C10H16N2O2S2/c1-2-11-6-8-5-10(15-7-8)16(13,14)12-9-3-4-9/h5,7,9,11-12H,2-4,6H2,1H3. The van der Waals surface area contributed by atoms with Crippen molar-refractivity contribution in [1.82, 2.24) is 10.0 Å². The van der Waals surface area contributed by atoms with E-state index in [2.05, 4.69) is 10.0 Å². The van der Waals surface area contributed by atoms with Crippen molar-refractivity contribution in [3.8, 4) is 0 Å². The highest BCUT2D eigenvalue weighted by Gasteiger charge is 2.28. The fourth-order valence-corrected chi connectivity index (χ4v) is 3.87. The Morgan fingerprint density at radius 1 is 1.50 bits per heavy atom. The van der Waals surface area contributed by atoms with E-state index in [1.165, 1.54) is 11.3 Å². The molecule has 2 rings (SSSR count). The van der Waals surface area contributed by atoms with Gasteiger partial charge in [-0.15, -0.1) is 11.3 Å². The van der Waals surface area contributed by atoms with Gasteiger partial charge in [0, 0.05) is 12.6 Å². The van der Waals surface area contributed by atoms with Gasteiger partial charge in [0.25, 0.3) is 0 Å². The monoisotopic (exact) mass is 260 g/mol. The number of hydrogen-bond donors (Lipinski definition) is 2. The number of nitrogens with one attached hydrogen (secondary N) is 2. The summed E-state index contributed by atoms with van der Waals surface area (Å²) in [5.41, 5.74) is 1.03. The van der Waals surface area contributed by atoms with E-state index >= 15 is 0 Å². The van der Waals surface area contributed by atoms with Gasteiger partial charge in [-0.1, -0.05) is 6.92 Å². The van der Waals surface area contributed by atoms with Crippen LogP contribution in [-0.2, 0) is 16.6 Å². The zero-order valence-corrected chi connectivity index (χ0v) is 10.8. The number of rotatable bonds is 6. The van der Waals surface area contributed by atoms with E-state index in [-0.39, 0.29) is 6.04 Å². The van der Waals surface area contributed by atoms with Crippen molar-refractivity contribution in [2.45, 2.75) is 36.6 Å². The van der Waals surface area contributed by atoms with Crippen molar-refractivity contribution in [3.05, 3.63) is 17.0 Å². The van der Waals surface area contributed by atoms with E-state index in [0.717, 1.165) is 31.5 Å². The van der Waals surface area contributed by atoms with E-state index in [4.69, 9.17) is 0 Å². The van der Waals surface area contributed by atoms with E-state index < -0.39 is 10.0 Å². The van der Waals surface area contributed by atoms with Crippen LogP contribution in [0.15, 0.2) is 15.7 Å². The van der Waals surface area contributed by atoms with Crippen LogP contribution >= 0.6 is 11.3 Å². The molecule has 1 aliphatic rings. The van der Waals surface area contributed by atoms with Crippen molar-refractivity contribution in [2.24, 2.45) is 0 Å². The third-order valence-corrected chi connectivity index (χ3v) is 5.38. The second-order valence-electron chi connectivity index (χ2n) is 3.95. The lowest BCUT2D eigenvalue weighted by atomic mass is 10.3. The molecule has 1 aromatic rings. The molecule has 1 aromatic heterocycles. The van der Waals surface area contributed by atoms with Crippen LogP contribution in [0.3, 0.4) is 0 Å². The summed E-state index contributed by atoms with van der Waals surface area (Å²) >= 11 is 1.29. The number of sulfonamides is 1. The van der Waals surface area contributed by atoms with E-state index in [9.17, 15) is 8.42 Å². The quantitative estimate of drug-likeness (QED) is 0.810. The maximum atomic E-state index is 11.8. The van der Waals surface area contributed by atoms with Gasteiger partial charge in [-0.05, 0) is 36.4 Å². The molecule has 2 N–H and O–H groups in total. The first-order valence-corrected chi connectivity index (χ1v) is 7.78. The molecule has 6 heteroatoms. The first kappa shape index (κ1) is 12.0. The Bertz CT molecular complexity index is 449. The third kappa shape index (κ3) is 3.04. The highest BCUT2D eigenvalue weighted by Crippen LogP contribution is 2.25. The van der Waals surface area contributed by atoms with Gasteiger partial charge in [0.05, 0.1) is 0 Å². The lowest BCUT2D eigenvalue weighted by Gasteiger charge is -2.01. The van der Waals surface area contributed by atoms with Gasteiger partial charge < -0.3 is 5.32 Å². The summed E-state index contributed by atoms with van der Waals surface area (Å²) in [6.45, 7) is 3.64. The molecule has 0 spiro atoms. The van der Waals surface area contributed by atoms with Crippen LogP contribution < -0.4 is 10.0 Å². The normalized spacial score (nSPS) is 16.6. The summed E-state index contributed by atoms with van der Waals surface area (Å²) in [5, 5.41) is 5.07. The maximum absolute atomic E-state index is 11.8. The number of thiophene rings is 1. The Morgan fingerprint density at radius 2 is 2.25 bits per heavy atom. The lowest BCUT2D eigenvalue weighted by molar-refractivity contribution is 0.583. The summed E-state index contributed by atoms with van der Waals surface area (Å²) < 4.78 is 26.8. The molecular weight excluding hydrogens is 244 g/mol. The first-order chi connectivity index (χ1) is 7.62. The summed E-state index contributed by atoms with van der Waals surface area (Å²) in [6, 6.07) is 1.92. The fourth-order valence-electron chi connectivity index (χ4n) is 1.33. The van der Waals surface area contributed by atoms with Crippen LogP contribution in [0.5, 0.6) is 0 Å². The topological polar surface area (TPSA) is 58.2 Å². The van der Waals surface area contributed by atoms with Crippen molar-refractivity contribution < 1.29 is 8.42 Å². The molecule has 0 aromatic carbocycles. The fraction of sp³-hybridized carbons (Fsp3) is 0.600. The Kier molecular flexibility index (Phi) is 3.63. The third-order valence-electron chi connectivity index (χ3n) is 2.37. The molecule has 1 saturated carbocycles. The van der Waals surface area contributed by atoms with Crippen LogP contribution in [0, 0.1) is 0 Å². The van der Waals surface area contributed by atoms with Gasteiger partial charge in [0.1, 0.15) is 4.21 Å². The van der Waals surface area contributed by atoms with Gasteiger partial charge in [0.2, 0.25) is 10.0 Å². The molecule has 0 radical (unpaired) electrons. The molecule has 0 amide bonds. The maximum Gasteiger partial charge on any atom is 0.250 e.